The number of anilines is 1. The second kappa shape index (κ2) is 6.18. The molecule has 2 rings (SSSR count). The average Bonchev–Trinajstić information content (AvgIpc) is 2.42. The van der Waals surface area contributed by atoms with Gasteiger partial charge in [-0.25, -0.2) is 9.59 Å². The third kappa shape index (κ3) is 4.43. The van der Waals surface area contributed by atoms with Crippen molar-refractivity contribution in [2.24, 2.45) is 5.10 Å². The van der Waals surface area contributed by atoms with Crippen LogP contribution in [0.15, 0.2) is 23.3 Å². The van der Waals surface area contributed by atoms with Gasteiger partial charge >= 0.3 is 24.3 Å². The second-order valence-electron chi connectivity index (χ2n) is 5.55. The van der Waals surface area contributed by atoms with E-state index >= 15 is 0 Å². The van der Waals surface area contributed by atoms with Crippen molar-refractivity contribution in [2.45, 2.75) is 32.0 Å². The van der Waals surface area contributed by atoms with Gasteiger partial charge in [0.25, 0.3) is 11.5 Å². The first-order valence-electron chi connectivity index (χ1n) is 6.79. The summed E-state index contributed by atoms with van der Waals surface area (Å²) in [6.45, 7) is 2.49. The Hall–Kier alpha value is -2.79. The minimum Gasteiger partial charge on any atom is -0.418 e. The van der Waals surface area contributed by atoms with E-state index in [9.17, 15) is 35.9 Å². The molecule has 1 saturated heterocycles. The number of hydrogen-bond acceptors (Lipinski definition) is 6. The lowest BCUT2D eigenvalue weighted by Crippen LogP contribution is -2.47. The fourth-order valence-corrected chi connectivity index (χ4v) is 1.88. The van der Waals surface area contributed by atoms with Crippen LogP contribution >= 0.6 is 0 Å². The standard InChI is InChI=1S/C14H10F6N2O4/c1-12(2)25-10(23)9(11(24)26-12)22-21-8-4-6(13(15,16)17)3-7(5-8)14(18,19)20/h3-5,21H,1-2H3. The Kier molecular flexibility index (Phi) is 4.64. The number of esters is 2. The first kappa shape index (κ1) is 19.5. The Bertz CT molecular complexity index is 728. The lowest BCUT2D eigenvalue weighted by molar-refractivity contribution is -0.214. The van der Waals surface area contributed by atoms with Crippen LogP contribution in [-0.4, -0.2) is 23.4 Å². The molecule has 0 aromatic heterocycles. The molecule has 6 nitrogen and oxygen atoms in total. The van der Waals surface area contributed by atoms with Crippen LogP contribution in [-0.2, 0) is 31.4 Å². The van der Waals surface area contributed by atoms with Gasteiger partial charge in [-0.05, 0) is 18.2 Å². The van der Waals surface area contributed by atoms with Crippen molar-refractivity contribution in [2.75, 3.05) is 5.43 Å². The van der Waals surface area contributed by atoms with Gasteiger partial charge in [-0.15, -0.1) is 0 Å². The average molecular weight is 384 g/mol. The summed E-state index contributed by atoms with van der Waals surface area (Å²) in [5.74, 6) is -4.07. The van der Waals surface area contributed by atoms with Crippen LogP contribution in [0.25, 0.3) is 0 Å². The lowest BCUT2D eigenvalue weighted by atomic mass is 10.1. The fraction of sp³-hybridized carbons (Fsp3) is 0.357. The number of nitrogens with zero attached hydrogens (tertiary/aromatic N) is 1. The van der Waals surface area contributed by atoms with Gasteiger partial charge in [0.1, 0.15) is 0 Å². The molecule has 1 aromatic rings. The summed E-state index contributed by atoms with van der Waals surface area (Å²) in [6.07, 6.45) is -10.1. The van der Waals surface area contributed by atoms with Gasteiger partial charge < -0.3 is 9.47 Å². The van der Waals surface area contributed by atoms with E-state index in [0.29, 0.717) is 12.1 Å². The predicted molar refractivity (Wildman–Crippen MR) is 73.8 cm³/mol. The third-order valence-electron chi connectivity index (χ3n) is 2.95. The van der Waals surface area contributed by atoms with Crippen molar-refractivity contribution in [3.63, 3.8) is 0 Å². The number of benzene rings is 1. The Morgan fingerprint density at radius 3 is 1.69 bits per heavy atom. The van der Waals surface area contributed by atoms with Gasteiger partial charge in [0.15, 0.2) is 0 Å². The van der Waals surface area contributed by atoms with Crippen molar-refractivity contribution >= 4 is 23.3 Å². The summed E-state index contributed by atoms with van der Waals surface area (Å²) >= 11 is 0. The van der Waals surface area contributed by atoms with Gasteiger partial charge in [0, 0.05) is 13.8 Å². The monoisotopic (exact) mass is 384 g/mol. The molecule has 1 N–H and O–H groups in total. The van der Waals surface area contributed by atoms with Crippen LogP contribution in [0, 0.1) is 0 Å². The molecule has 0 amide bonds. The molecular formula is C14H10F6N2O4. The van der Waals surface area contributed by atoms with Gasteiger partial charge in [-0.1, -0.05) is 0 Å². The Morgan fingerprint density at radius 1 is 0.885 bits per heavy atom. The zero-order valence-electron chi connectivity index (χ0n) is 13.1. The third-order valence-corrected chi connectivity index (χ3v) is 2.95. The fourth-order valence-electron chi connectivity index (χ4n) is 1.88. The summed E-state index contributed by atoms with van der Waals surface area (Å²) < 4.78 is 85.9. The van der Waals surface area contributed by atoms with Crippen molar-refractivity contribution in [3.05, 3.63) is 29.3 Å². The minimum atomic E-state index is -5.06. The highest BCUT2D eigenvalue weighted by Crippen LogP contribution is 2.37. The molecule has 0 saturated carbocycles. The highest BCUT2D eigenvalue weighted by atomic mass is 19.4. The molecule has 0 atom stereocenters. The number of hydrazone groups is 1. The number of hydrogen-bond donors (Lipinski definition) is 1. The number of rotatable bonds is 2. The van der Waals surface area contributed by atoms with Crippen LogP contribution in [0.3, 0.4) is 0 Å². The van der Waals surface area contributed by atoms with Crippen molar-refractivity contribution in [1.82, 2.24) is 0 Å². The Morgan fingerprint density at radius 2 is 1.31 bits per heavy atom. The molecule has 1 fully saturated rings. The van der Waals surface area contributed by atoms with E-state index in [2.05, 4.69) is 14.6 Å². The number of carbonyl (C=O) groups excluding carboxylic acids is 2. The first-order chi connectivity index (χ1) is 11.7. The number of nitrogens with one attached hydrogen (secondary N) is 1. The van der Waals surface area contributed by atoms with E-state index in [1.807, 2.05) is 5.43 Å². The zero-order valence-corrected chi connectivity index (χ0v) is 13.1. The normalized spacial score (nSPS) is 17.5. The number of ether oxygens (including phenoxy) is 2. The molecule has 0 spiro atoms. The summed E-state index contributed by atoms with van der Waals surface area (Å²) in [5, 5.41) is 3.21. The van der Waals surface area contributed by atoms with Crippen molar-refractivity contribution < 1.29 is 45.4 Å². The molecule has 0 bridgehead atoms. The number of halogens is 6. The maximum Gasteiger partial charge on any atom is 0.416 e. The largest absolute Gasteiger partial charge is 0.418 e. The molecule has 1 heterocycles. The summed E-state index contributed by atoms with van der Waals surface area (Å²) in [5.41, 5.74) is -3.08. The lowest BCUT2D eigenvalue weighted by Gasteiger charge is -2.28. The molecule has 1 aliphatic heterocycles. The van der Waals surface area contributed by atoms with Crippen LogP contribution < -0.4 is 5.43 Å². The second-order valence-corrected chi connectivity index (χ2v) is 5.55. The summed E-state index contributed by atoms with van der Waals surface area (Å²) in [4.78, 5) is 23.3. The molecule has 0 aliphatic carbocycles. The van der Waals surface area contributed by atoms with E-state index in [4.69, 9.17) is 0 Å². The van der Waals surface area contributed by atoms with Crippen LogP contribution in [0.4, 0.5) is 32.0 Å². The SMILES string of the molecule is CC1(C)OC(=O)C(=NNc2cc(C(F)(F)F)cc(C(F)(F)F)c2)C(=O)O1. The number of carbonyl (C=O) groups is 2. The smallest absolute Gasteiger partial charge is 0.416 e. The molecule has 26 heavy (non-hydrogen) atoms. The quantitative estimate of drug-likeness (QED) is 0.481. The zero-order chi connectivity index (χ0) is 19.9. The molecule has 142 valence electrons. The maximum absolute atomic E-state index is 12.8. The van der Waals surface area contributed by atoms with Crippen molar-refractivity contribution in [1.29, 1.82) is 0 Å². The maximum atomic E-state index is 12.8. The molecular weight excluding hydrogens is 374 g/mol. The van der Waals surface area contributed by atoms with E-state index in [1.165, 1.54) is 13.8 Å². The van der Waals surface area contributed by atoms with Gasteiger partial charge in [0.05, 0.1) is 16.8 Å². The van der Waals surface area contributed by atoms with Crippen molar-refractivity contribution in [3.8, 4) is 0 Å². The topological polar surface area (TPSA) is 77.0 Å². The number of cyclic esters (lactones) is 2. The predicted octanol–water partition coefficient (Wildman–Crippen LogP) is 3.33. The van der Waals surface area contributed by atoms with Crippen LogP contribution in [0.2, 0.25) is 0 Å². The Labute approximate surface area is 141 Å². The summed E-state index contributed by atoms with van der Waals surface area (Å²) in [7, 11) is 0. The number of alkyl halides is 6. The molecule has 0 unspecified atom stereocenters. The van der Waals surface area contributed by atoms with E-state index in [0.717, 1.165) is 0 Å². The van der Waals surface area contributed by atoms with E-state index in [1.54, 1.807) is 0 Å². The molecule has 1 aromatic carbocycles. The van der Waals surface area contributed by atoms with E-state index < -0.39 is 52.6 Å². The summed E-state index contributed by atoms with van der Waals surface area (Å²) in [6, 6.07) is 0.593. The van der Waals surface area contributed by atoms with Gasteiger partial charge in [0.2, 0.25) is 0 Å². The highest BCUT2D eigenvalue weighted by molar-refractivity contribution is 6.63. The van der Waals surface area contributed by atoms with Crippen LogP contribution in [0.5, 0.6) is 0 Å². The van der Waals surface area contributed by atoms with Crippen LogP contribution in [0.1, 0.15) is 25.0 Å². The van der Waals surface area contributed by atoms with Gasteiger partial charge in [-0.3, -0.25) is 5.43 Å². The highest BCUT2D eigenvalue weighted by Gasteiger charge is 2.41. The molecule has 1 aliphatic rings. The Balaban J connectivity index is 2.37. The first-order valence-corrected chi connectivity index (χ1v) is 6.79. The van der Waals surface area contributed by atoms with E-state index in [-0.39, 0.29) is 6.07 Å². The van der Waals surface area contributed by atoms with Gasteiger partial charge in [-0.2, -0.15) is 31.4 Å². The molecule has 0 radical (unpaired) electrons. The minimum absolute atomic E-state index is 0.0794. The molecule has 12 heteroatoms.